The van der Waals surface area contributed by atoms with Gasteiger partial charge in [0.1, 0.15) is 5.75 Å². The van der Waals surface area contributed by atoms with Crippen molar-refractivity contribution in [1.82, 2.24) is 0 Å². The van der Waals surface area contributed by atoms with Gasteiger partial charge in [-0.2, -0.15) is 0 Å². The largest absolute Gasteiger partial charge is 0.497 e. The predicted octanol–water partition coefficient (Wildman–Crippen LogP) is 3.30. The molecule has 1 aromatic rings. The molecule has 0 aliphatic rings. The third kappa shape index (κ3) is 4.90. The maximum atomic E-state index is 5.87. The molecular weight excluding hydrogens is 218 g/mol. The number of thioether (sulfide) groups is 1. The van der Waals surface area contributed by atoms with Gasteiger partial charge in [-0.1, -0.05) is 13.0 Å². The molecule has 0 bridgehead atoms. The van der Waals surface area contributed by atoms with Crippen LogP contribution in [-0.4, -0.2) is 18.9 Å². The topological polar surface area (TPSA) is 35.2 Å². The lowest BCUT2D eigenvalue weighted by Gasteiger charge is -2.08. The zero-order valence-corrected chi connectivity index (χ0v) is 10.9. The van der Waals surface area contributed by atoms with Crippen molar-refractivity contribution in [2.45, 2.75) is 37.1 Å². The summed E-state index contributed by atoms with van der Waals surface area (Å²) in [7, 11) is 1.70. The Labute approximate surface area is 103 Å². The summed E-state index contributed by atoms with van der Waals surface area (Å²) in [5, 5.41) is 0. The molecule has 16 heavy (non-hydrogen) atoms. The molecule has 1 atom stereocenters. The predicted molar refractivity (Wildman–Crippen MR) is 71.2 cm³/mol. The summed E-state index contributed by atoms with van der Waals surface area (Å²) < 4.78 is 5.18. The summed E-state index contributed by atoms with van der Waals surface area (Å²) in [5.41, 5.74) is 5.87. The fourth-order valence-corrected chi connectivity index (χ4v) is 2.35. The zero-order valence-electron chi connectivity index (χ0n) is 10.1. The minimum absolute atomic E-state index is 0.367. The molecule has 1 aromatic carbocycles. The molecule has 0 heterocycles. The second-order valence-electron chi connectivity index (χ2n) is 3.84. The molecule has 1 unspecified atom stereocenters. The van der Waals surface area contributed by atoms with Crippen LogP contribution in [0.25, 0.3) is 0 Å². The highest BCUT2D eigenvalue weighted by molar-refractivity contribution is 7.99. The Hall–Kier alpha value is -0.670. The van der Waals surface area contributed by atoms with Gasteiger partial charge in [-0.15, -0.1) is 11.8 Å². The Bertz CT molecular complexity index is 304. The van der Waals surface area contributed by atoms with Gasteiger partial charge in [-0.3, -0.25) is 0 Å². The van der Waals surface area contributed by atoms with Crippen LogP contribution in [0.3, 0.4) is 0 Å². The zero-order chi connectivity index (χ0) is 11.8. The highest BCUT2D eigenvalue weighted by atomic mass is 32.2. The highest BCUT2D eigenvalue weighted by Gasteiger charge is 2.00. The number of hydrogen-bond donors (Lipinski definition) is 1. The molecule has 2 nitrogen and oxygen atoms in total. The van der Waals surface area contributed by atoms with E-state index in [1.54, 1.807) is 7.11 Å². The van der Waals surface area contributed by atoms with Crippen molar-refractivity contribution in [3.8, 4) is 5.75 Å². The average molecular weight is 239 g/mol. The van der Waals surface area contributed by atoms with E-state index in [9.17, 15) is 0 Å². The number of ether oxygens (including phenoxy) is 1. The van der Waals surface area contributed by atoms with Crippen molar-refractivity contribution < 1.29 is 4.74 Å². The van der Waals surface area contributed by atoms with Gasteiger partial charge in [-0.25, -0.2) is 0 Å². The molecule has 2 N–H and O–H groups in total. The third-order valence-electron chi connectivity index (χ3n) is 2.55. The lowest BCUT2D eigenvalue weighted by atomic mass is 10.1. The Morgan fingerprint density at radius 2 is 2.25 bits per heavy atom. The average Bonchev–Trinajstić information content (AvgIpc) is 2.34. The molecule has 90 valence electrons. The Balaban J connectivity index is 2.26. The Morgan fingerprint density at radius 1 is 1.44 bits per heavy atom. The summed E-state index contributed by atoms with van der Waals surface area (Å²) in [6, 6.07) is 8.55. The smallest absolute Gasteiger partial charge is 0.119 e. The SMILES string of the molecule is CCC(N)CCCSc1cccc(OC)c1. The molecule has 0 saturated heterocycles. The summed E-state index contributed by atoms with van der Waals surface area (Å²) in [4.78, 5) is 1.27. The fraction of sp³-hybridized carbons (Fsp3) is 0.538. The lowest BCUT2D eigenvalue weighted by molar-refractivity contribution is 0.413. The van der Waals surface area contributed by atoms with Crippen molar-refractivity contribution in [2.75, 3.05) is 12.9 Å². The number of methoxy groups -OCH3 is 1. The summed E-state index contributed by atoms with van der Waals surface area (Å²) in [6.45, 7) is 2.14. The van der Waals surface area contributed by atoms with E-state index in [-0.39, 0.29) is 0 Å². The van der Waals surface area contributed by atoms with Crippen molar-refractivity contribution in [1.29, 1.82) is 0 Å². The Morgan fingerprint density at radius 3 is 2.94 bits per heavy atom. The van der Waals surface area contributed by atoms with Crippen LogP contribution in [0.1, 0.15) is 26.2 Å². The van der Waals surface area contributed by atoms with E-state index in [0.717, 1.165) is 24.3 Å². The lowest BCUT2D eigenvalue weighted by Crippen LogP contribution is -2.18. The third-order valence-corrected chi connectivity index (χ3v) is 3.63. The standard InChI is InChI=1S/C13H21NOS/c1-3-11(14)6-5-9-16-13-8-4-7-12(10-13)15-2/h4,7-8,10-11H,3,5-6,9,14H2,1-2H3. The molecule has 0 saturated carbocycles. The van der Waals surface area contributed by atoms with Crippen LogP contribution in [0.4, 0.5) is 0 Å². The van der Waals surface area contributed by atoms with Crippen LogP contribution in [-0.2, 0) is 0 Å². The first-order valence-electron chi connectivity index (χ1n) is 5.78. The van der Waals surface area contributed by atoms with Crippen molar-refractivity contribution in [3.63, 3.8) is 0 Å². The van der Waals surface area contributed by atoms with E-state index in [4.69, 9.17) is 10.5 Å². The molecule has 0 amide bonds. The summed E-state index contributed by atoms with van der Waals surface area (Å²) in [6.07, 6.45) is 3.37. The molecule has 0 aliphatic heterocycles. The van der Waals surface area contributed by atoms with E-state index in [1.807, 2.05) is 23.9 Å². The number of nitrogens with two attached hydrogens (primary N) is 1. The van der Waals surface area contributed by atoms with Gasteiger partial charge in [0.15, 0.2) is 0 Å². The van der Waals surface area contributed by atoms with Gasteiger partial charge in [-0.05, 0) is 43.2 Å². The number of benzene rings is 1. The van der Waals surface area contributed by atoms with Crippen LogP contribution < -0.4 is 10.5 Å². The summed E-state index contributed by atoms with van der Waals surface area (Å²) in [5.74, 6) is 2.05. The van der Waals surface area contributed by atoms with Crippen molar-refractivity contribution >= 4 is 11.8 Å². The molecular formula is C13H21NOS. The van der Waals surface area contributed by atoms with E-state index in [1.165, 1.54) is 11.3 Å². The molecule has 0 spiro atoms. The second kappa shape index (κ2) is 7.58. The quantitative estimate of drug-likeness (QED) is 0.585. The number of rotatable bonds is 7. The van der Waals surface area contributed by atoms with Crippen molar-refractivity contribution in [2.24, 2.45) is 5.73 Å². The van der Waals surface area contributed by atoms with E-state index in [2.05, 4.69) is 19.1 Å². The summed E-state index contributed by atoms with van der Waals surface area (Å²) >= 11 is 1.87. The molecule has 1 rings (SSSR count). The van der Waals surface area contributed by atoms with Crippen LogP contribution >= 0.6 is 11.8 Å². The molecule has 0 aromatic heterocycles. The van der Waals surface area contributed by atoms with Gasteiger partial charge in [0.05, 0.1) is 7.11 Å². The normalized spacial score (nSPS) is 12.4. The van der Waals surface area contributed by atoms with Gasteiger partial charge in [0, 0.05) is 10.9 Å². The van der Waals surface area contributed by atoms with Crippen LogP contribution in [0.2, 0.25) is 0 Å². The molecule has 3 heteroatoms. The first-order chi connectivity index (χ1) is 7.76. The van der Waals surface area contributed by atoms with E-state index < -0.39 is 0 Å². The second-order valence-corrected chi connectivity index (χ2v) is 5.01. The molecule has 0 radical (unpaired) electrons. The van der Waals surface area contributed by atoms with E-state index in [0.29, 0.717) is 6.04 Å². The fourth-order valence-electron chi connectivity index (χ4n) is 1.43. The molecule has 0 fully saturated rings. The van der Waals surface area contributed by atoms with Crippen LogP contribution in [0.5, 0.6) is 5.75 Å². The first kappa shape index (κ1) is 13.4. The van der Waals surface area contributed by atoms with Crippen LogP contribution in [0.15, 0.2) is 29.2 Å². The monoisotopic (exact) mass is 239 g/mol. The molecule has 0 aliphatic carbocycles. The maximum absolute atomic E-state index is 5.87. The van der Waals surface area contributed by atoms with Gasteiger partial charge in [0.2, 0.25) is 0 Å². The van der Waals surface area contributed by atoms with Gasteiger partial charge in [0.25, 0.3) is 0 Å². The van der Waals surface area contributed by atoms with E-state index >= 15 is 0 Å². The Kier molecular flexibility index (Phi) is 6.34. The van der Waals surface area contributed by atoms with Gasteiger partial charge >= 0.3 is 0 Å². The van der Waals surface area contributed by atoms with Crippen molar-refractivity contribution in [3.05, 3.63) is 24.3 Å². The highest BCUT2D eigenvalue weighted by Crippen LogP contribution is 2.23. The number of hydrogen-bond acceptors (Lipinski definition) is 3. The van der Waals surface area contributed by atoms with Gasteiger partial charge < -0.3 is 10.5 Å². The minimum atomic E-state index is 0.367. The maximum Gasteiger partial charge on any atom is 0.119 e. The first-order valence-corrected chi connectivity index (χ1v) is 6.77. The minimum Gasteiger partial charge on any atom is -0.497 e. The van der Waals surface area contributed by atoms with Crippen LogP contribution in [0, 0.1) is 0 Å².